The predicted molar refractivity (Wildman–Crippen MR) is 73.3 cm³/mol. The van der Waals surface area contributed by atoms with Crippen LogP contribution in [0.5, 0.6) is 0 Å². The number of aryl methyl sites for hydroxylation is 1. The van der Waals surface area contributed by atoms with Gasteiger partial charge in [0.25, 0.3) is 0 Å². The predicted octanol–water partition coefficient (Wildman–Crippen LogP) is 2.83. The van der Waals surface area contributed by atoms with E-state index in [0.717, 1.165) is 18.4 Å². The number of carboxylic acid groups (broad SMARTS) is 1. The van der Waals surface area contributed by atoms with Crippen LogP contribution in [0.3, 0.4) is 0 Å². The highest BCUT2D eigenvalue weighted by molar-refractivity contribution is 5.70. The van der Waals surface area contributed by atoms with Crippen molar-refractivity contribution in [2.45, 2.75) is 39.2 Å². The van der Waals surface area contributed by atoms with E-state index in [1.54, 1.807) is 19.1 Å². The molecule has 1 aromatic carbocycles. The molecule has 0 spiro atoms. The molecule has 0 saturated heterocycles. The van der Waals surface area contributed by atoms with Crippen LogP contribution in [0.2, 0.25) is 0 Å². The molecule has 0 amide bonds. The van der Waals surface area contributed by atoms with Crippen molar-refractivity contribution in [1.82, 2.24) is 0 Å². The van der Waals surface area contributed by atoms with Crippen LogP contribution in [0.4, 0.5) is 4.39 Å². The smallest absolute Gasteiger partial charge is 0.307 e. The molecule has 19 heavy (non-hydrogen) atoms. The molecule has 0 aliphatic carbocycles. The Hall–Kier alpha value is -1.42. The summed E-state index contributed by atoms with van der Waals surface area (Å²) in [6, 6.07) is 6.15. The quantitative estimate of drug-likeness (QED) is 0.798. The summed E-state index contributed by atoms with van der Waals surface area (Å²) in [6.07, 6.45) is 2.47. The summed E-state index contributed by atoms with van der Waals surface area (Å²) in [5.74, 6) is -1.25. The first kappa shape index (κ1) is 15.6. The number of hydrogen-bond acceptors (Lipinski definition) is 2. The normalized spacial score (nSPS) is 15.8. The molecule has 4 heteroatoms. The second-order valence-corrected chi connectivity index (χ2v) is 5.30. The standard InChI is InChI=1S/C15H22FNO2/c1-10(9-14(17)11(2)15(18)19)3-4-12-5-7-13(16)8-6-12/h5-8,10-11,14H,3-4,9,17H2,1-2H3,(H,18,19)/t10-,11?,14+/m1/s1. The number of halogens is 1. The van der Waals surface area contributed by atoms with Crippen molar-refractivity contribution in [2.75, 3.05) is 0 Å². The van der Waals surface area contributed by atoms with Crippen LogP contribution in [0.1, 0.15) is 32.3 Å². The Balaban J connectivity index is 2.37. The molecule has 1 unspecified atom stereocenters. The third-order valence-corrected chi connectivity index (χ3v) is 3.55. The summed E-state index contributed by atoms with van der Waals surface area (Å²) in [4.78, 5) is 10.8. The van der Waals surface area contributed by atoms with E-state index in [1.807, 2.05) is 0 Å². The van der Waals surface area contributed by atoms with E-state index >= 15 is 0 Å². The van der Waals surface area contributed by atoms with E-state index in [1.165, 1.54) is 12.1 Å². The van der Waals surface area contributed by atoms with Crippen molar-refractivity contribution in [3.63, 3.8) is 0 Å². The third-order valence-electron chi connectivity index (χ3n) is 3.55. The molecule has 0 bridgehead atoms. The molecule has 1 rings (SSSR count). The van der Waals surface area contributed by atoms with Gasteiger partial charge in [0.05, 0.1) is 5.92 Å². The third kappa shape index (κ3) is 5.39. The molecule has 3 atom stereocenters. The number of nitrogens with two attached hydrogens (primary N) is 1. The van der Waals surface area contributed by atoms with E-state index in [4.69, 9.17) is 10.8 Å². The monoisotopic (exact) mass is 267 g/mol. The van der Waals surface area contributed by atoms with Gasteiger partial charge in [-0.2, -0.15) is 0 Å². The van der Waals surface area contributed by atoms with Gasteiger partial charge >= 0.3 is 5.97 Å². The minimum Gasteiger partial charge on any atom is -0.481 e. The lowest BCUT2D eigenvalue weighted by atomic mass is 9.90. The summed E-state index contributed by atoms with van der Waals surface area (Å²) < 4.78 is 12.7. The van der Waals surface area contributed by atoms with Gasteiger partial charge in [0, 0.05) is 6.04 Å². The first-order valence-electron chi connectivity index (χ1n) is 6.63. The fourth-order valence-corrected chi connectivity index (χ4v) is 2.03. The van der Waals surface area contributed by atoms with Crippen LogP contribution in [0.25, 0.3) is 0 Å². The maximum absolute atomic E-state index is 12.7. The highest BCUT2D eigenvalue weighted by atomic mass is 19.1. The molecule has 106 valence electrons. The highest BCUT2D eigenvalue weighted by Gasteiger charge is 2.21. The number of hydrogen-bond donors (Lipinski definition) is 2. The molecule has 1 aromatic rings. The summed E-state index contributed by atoms with van der Waals surface area (Å²) in [5.41, 5.74) is 6.97. The first-order valence-corrected chi connectivity index (χ1v) is 6.63. The average Bonchev–Trinajstić information content (AvgIpc) is 2.37. The van der Waals surface area contributed by atoms with Crippen LogP contribution in [0, 0.1) is 17.7 Å². The van der Waals surface area contributed by atoms with Crippen molar-refractivity contribution in [1.29, 1.82) is 0 Å². The Morgan fingerprint density at radius 2 is 1.89 bits per heavy atom. The van der Waals surface area contributed by atoms with Gasteiger partial charge in [0.15, 0.2) is 0 Å². The minimum absolute atomic E-state index is 0.228. The average molecular weight is 267 g/mol. The van der Waals surface area contributed by atoms with Gasteiger partial charge in [-0.25, -0.2) is 4.39 Å². The van der Waals surface area contributed by atoms with Crippen LogP contribution < -0.4 is 5.73 Å². The van der Waals surface area contributed by atoms with Crippen molar-refractivity contribution in [3.05, 3.63) is 35.6 Å². The minimum atomic E-state index is -0.849. The number of carbonyl (C=O) groups is 1. The molecule has 0 aliphatic rings. The molecule has 0 aliphatic heterocycles. The summed E-state index contributed by atoms with van der Waals surface area (Å²) >= 11 is 0. The summed E-state index contributed by atoms with van der Waals surface area (Å²) in [5, 5.41) is 8.88. The highest BCUT2D eigenvalue weighted by Crippen LogP contribution is 2.17. The van der Waals surface area contributed by atoms with Gasteiger partial charge in [-0.1, -0.05) is 26.0 Å². The van der Waals surface area contributed by atoms with Gasteiger partial charge in [-0.3, -0.25) is 4.79 Å². The zero-order valence-corrected chi connectivity index (χ0v) is 11.5. The topological polar surface area (TPSA) is 63.3 Å². The number of aliphatic carboxylic acids is 1. The summed E-state index contributed by atoms with van der Waals surface area (Å²) in [6.45, 7) is 3.71. The van der Waals surface area contributed by atoms with E-state index < -0.39 is 11.9 Å². The fourth-order valence-electron chi connectivity index (χ4n) is 2.03. The first-order chi connectivity index (χ1) is 8.90. The molecule has 3 nitrogen and oxygen atoms in total. The maximum Gasteiger partial charge on any atom is 0.307 e. The molecular formula is C15H22FNO2. The molecule has 0 saturated carbocycles. The van der Waals surface area contributed by atoms with Crippen LogP contribution in [-0.4, -0.2) is 17.1 Å². The zero-order valence-electron chi connectivity index (χ0n) is 11.5. The Morgan fingerprint density at radius 3 is 2.42 bits per heavy atom. The Labute approximate surface area is 113 Å². The number of benzene rings is 1. The fraction of sp³-hybridized carbons (Fsp3) is 0.533. The zero-order chi connectivity index (χ0) is 14.4. The summed E-state index contributed by atoms with van der Waals surface area (Å²) in [7, 11) is 0. The van der Waals surface area contributed by atoms with Gasteiger partial charge in [-0.15, -0.1) is 0 Å². The van der Waals surface area contributed by atoms with Crippen molar-refractivity contribution < 1.29 is 14.3 Å². The van der Waals surface area contributed by atoms with Crippen molar-refractivity contribution in [2.24, 2.45) is 17.6 Å². The number of carboxylic acids is 1. The molecule has 0 fully saturated rings. The SMILES string of the molecule is CC(C(=O)O)[C@@H](N)C[C@H](C)CCc1ccc(F)cc1. The van der Waals surface area contributed by atoms with Crippen molar-refractivity contribution in [3.8, 4) is 0 Å². The van der Waals surface area contributed by atoms with Crippen molar-refractivity contribution >= 4 is 5.97 Å². The van der Waals surface area contributed by atoms with Crippen LogP contribution in [0.15, 0.2) is 24.3 Å². The lowest BCUT2D eigenvalue weighted by molar-refractivity contribution is -0.141. The van der Waals surface area contributed by atoms with Gasteiger partial charge < -0.3 is 10.8 Å². The van der Waals surface area contributed by atoms with Crippen LogP contribution in [-0.2, 0) is 11.2 Å². The second kappa shape index (κ2) is 7.24. The Bertz CT molecular complexity index is 405. The van der Waals surface area contributed by atoms with Gasteiger partial charge in [0.2, 0.25) is 0 Å². The Morgan fingerprint density at radius 1 is 1.32 bits per heavy atom. The van der Waals surface area contributed by atoms with E-state index in [9.17, 15) is 9.18 Å². The second-order valence-electron chi connectivity index (χ2n) is 5.30. The van der Waals surface area contributed by atoms with Crippen LogP contribution >= 0.6 is 0 Å². The number of rotatable bonds is 7. The van der Waals surface area contributed by atoms with Gasteiger partial charge in [-0.05, 0) is 42.9 Å². The molecule has 0 heterocycles. The lowest BCUT2D eigenvalue weighted by Crippen LogP contribution is -2.35. The van der Waals surface area contributed by atoms with E-state index in [-0.39, 0.29) is 11.9 Å². The van der Waals surface area contributed by atoms with E-state index in [2.05, 4.69) is 6.92 Å². The Kier molecular flexibility index (Phi) is 5.96. The lowest BCUT2D eigenvalue weighted by Gasteiger charge is -2.20. The van der Waals surface area contributed by atoms with Gasteiger partial charge in [0.1, 0.15) is 5.82 Å². The van der Waals surface area contributed by atoms with E-state index in [0.29, 0.717) is 12.3 Å². The maximum atomic E-state index is 12.7. The largest absolute Gasteiger partial charge is 0.481 e. The molecule has 3 N–H and O–H groups in total. The molecule has 0 radical (unpaired) electrons. The molecule has 0 aromatic heterocycles. The molecular weight excluding hydrogens is 245 g/mol.